The summed E-state index contributed by atoms with van der Waals surface area (Å²) in [7, 11) is 0. The first-order chi connectivity index (χ1) is 5.70. The fourth-order valence-electron chi connectivity index (χ4n) is 1.02. The smallest absolute Gasteiger partial charge is 0.321 e. The molecular weight excluding hydrogens is 160 g/mol. The van der Waals surface area contributed by atoms with Crippen LogP contribution in [-0.2, 0) is 9.53 Å². The molecule has 0 radical (unpaired) electrons. The molecule has 12 heavy (non-hydrogen) atoms. The Morgan fingerprint density at radius 2 is 2.17 bits per heavy atom. The van der Waals surface area contributed by atoms with Crippen molar-refractivity contribution in [3.05, 3.63) is 0 Å². The van der Waals surface area contributed by atoms with Crippen molar-refractivity contribution in [1.29, 1.82) is 0 Å². The van der Waals surface area contributed by atoms with Crippen LogP contribution < -0.4 is 5.43 Å². The third-order valence-electron chi connectivity index (χ3n) is 1.76. The summed E-state index contributed by atoms with van der Waals surface area (Å²) in [5, 5.41) is 10.5. The predicted octanol–water partition coefficient (Wildman–Crippen LogP) is -0.704. The molecule has 0 bridgehead atoms. The lowest BCUT2D eigenvalue weighted by Crippen LogP contribution is -2.51. The van der Waals surface area contributed by atoms with Gasteiger partial charge in [0.15, 0.2) is 0 Å². The van der Waals surface area contributed by atoms with Crippen LogP contribution in [0, 0.1) is 0 Å². The van der Waals surface area contributed by atoms with Gasteiger partial charge in [-0.1, -0.05) is 0 Å². The SMILES string of the molecule is CC(NN1CCOCC1)C(=O)O. The van der Waals surface area contributed by atoms with Gasteiger partial charge in [-0.2, -0.15) is 0 Å². The minimum atomic E-state index is -0.832. The molecule has 1 atom stereocenters. The Morgan fingerprint density at radius 1 is 1.58 bits per heavy atom. The fraction of sp³-hybridized carbons (Fsp3) is 0.857. The highest BCUT2D eigenvalue weighted by atomic mass is 16.5. The minimum Gasteiger partial charge on any atom is -0.480 e. The first kappa shape index (κ1) is 9.44. The molecule has 0 aliphatic carbocycles. The molecule has 0 aromatic rings. The zero-order valence-corrected chi connectivity index (χ0v) is 7.12. The molecule has 1 fully saturated rings. The monoisotopic (exact) mass is 174 g/mol. The molecule has 1 aliphatic heterocycles. The zero-order chi connectivity index (χ0) is 8.97. The molecule has 1 saturated heterocycles. The average Bonchev–Trinajstić information content (AvgIpc) is 2.06. The Balaban J connectivity index is 2.24. The molecule has 1 unspecified atom stereocenters. The van der Waals surface area contributed by atoms with Crippen molar-refractivity contribution >= 4 is 5.97 Å². The van der Waals surface area contributed by atoms with Gasteiger partial charge in [-0.15, -0.1) is 0 Å². The van der Waals surface area contributed by atoms with Crippen molar-refractivity contribution < 1.29 is 14.6 Å². The highest BCUT2D eigenvalue weighted by Crippen LogP contribution is 1.94. The van der Waals surface area contributed by atoms with Gasteiger partial charge >= 0.3 is 5.97 Å². The maximum absolute atomic E-state index is 10.5. The average molecular weight is 174 g/mol. The number of aliphatic carboxylic acids is 1. The van der Waals surface area contributed by atoms with Crippen LogP contribution in [0.25, 0.3) is 0 Å². The van der Waals surface area contributed by atoms with Gasteiger partial charge in [0.2, 0.25) is 0 Å². The molecule has 1 aliphatic rings. The molecule has 5 nitrogen and oxygen atoms in total. The molecule has 5 heteroatoms. The third kappa shape index (κ3) is 2.77. The number of nitrogens with one attached hydrogen (secondary N) is 1. The van der Waals surface area contributed by atoms with Crippen LogP contribution in [0.5, 0.6) is 0 Å². The molecule has 70 valence electrons. The van der Waals surface area contributed by atoms with Crippen LogP contribution in [0.3, 0.4) is 0 Å². The summed E-state index contributed by atoms with van der Waals surface area (Å²) in [6, 6.07) is -0.525. The lowest BCUT2D eigenvalue weighted by atomic mass is 10.4. The first-order valence-corrected chi connectivity index (χ1v) is 4.02. The number of ether oxygens (including phenoxy) is 1. The second kappa shape index (κ2) is 4.39. The first-order valence-electron chi connectivity index (χ1n) is 4.02. The summed E-state index contributed by atoms with van der Waals surface area (Å²) < 4.78 is 5.11. The molecule has 0 amide bonds. The molecule has 0 aromatic heterocycles. The van der Waals surface area contributed by atoms with Gasteiger partial charge in [0, 0.05) is 13.1 Å². The molecular formula is C7H14N2O3. The normalized spacial score (nSPS) is 22.1. The van der Waals surface area contributed by atoms with E-state index >= 15 is 0 Å². The largest absolute Gasteiger partial charge is 0.480 e. The van der Waals surface area contributed by atoms with E-state index < -0.39 is 12.0 Å². The van der Waals surface area contributed by atoms with Crippen molar-refractivity contribution in [3.8, 4) is 0 Å². The Morgan fingerprint density at radius 3 is 2.67 bits per heavy atom. The highest BCUT2D eigenvalue weighted by molar-refractivity contribution is 5.72. The number of carboxylic acids is 1. The Bertz CT molecular complexity index is 157. The lowest BCUT2D eigenvalue weighted by Gasteiger charge is -2.28. The van der Waals surface area contributed by atoms with Gasteiger partial charge < -0.3 is 9.84 Å². The predicted molar refractivity (Wildman–Crippen MR) is 42.6 cm³/mol. The number of carboxylic acid groups (broad SMARTS) is 1. The third-order valence-corrected chi connectivity index (χ3v) is 1.76. The van der Waals surface area contributed by atoms with E-state index in [0.29, 0.717) is 13.2 Å². The van der Waals surface area contributed by atoms with E-state index in [1.807, 2.05) is 5.01 Å². The molecule has 0 saturated carbocycles. The summed E-state index contributed by atoms with van der Waals surface area (Å²) in [5.41, 5.74) is 2.87. The van der Waals surface area contributed by atoms with E-state index in [-0.39, 0.29) is 0 Å². The van der Waals surface area contributed by atoms with Gasteiger partial charge in [0.25, 0.3) is 0 Å². The van der Waals surface area contributed by atoms with Gasteiger partial charge in [0.05, 0.1) is 13.2 Å². The Kier molecular flexibility index (Phi) is 3.46. The molecule has 0 spiro atoms. The van der Waals surface area contributed by atoms with Gasteiger partial charge in [-0.25, -0.2) is 10.4 Å². The second-order valence-corrected chi connectivity index (χ2v) is 2.79. The number of nitrogens with zero attached hydrogens (tertiary/aromatic N) is 1. The number of carbonyl (C=O) groups is 1. The van der Waals surface area contributed by atoms with Crippen LogP contribution >= 0.6 is 0 Å². The number of hydrazine groups is 1. The highest BCUT2D eigenvalue weighted by Gasteiger charge is 2.16. The maximum atomic E-state index is 10.5. The van der Waals surface area contributed by atoms with Crippen LogP contribution in [0.4, 0.5) is 0 Å². The minimum absolute atomic E-state index is 0.525. The number of hydrogen-bond acceptors (Lipinski definition) is 4. The summed E-state index contributed by atoms with van der Waals surface area (Å²) in [5.74, 6) is -0.832. The topological polar surface area (TPSA) is 61.8 Å². The van der Waals surface area contributed by atoms with E-state index in [4.69, 9.17) is 9.84 Å². The van der Waals surface area contributed by atoms with Crippen molar-refractivity contribution in [2.45, 2.75) is 13.0 Å². The van der Waals surface area contributed by atoms with Crippen LogP contribution in [0.15, 0.2) is 0 Å². The van der Waals surface area contributed by atoms with E-state index in [9.17, 15) is 4.79 Å². The van der Waals surface area contributed by atoms with E-state index in [1.165, 1.54) is 0 Å². The van der Waals surface area contributed by atoms with E-state index in [0.717, 1.165) is 13.1 Å². The number of hydrogen-bond donors (Lipinski definition) is 2. The lowest BCUT2D eigenvalue weighted by molar-refractivity contribution is -0.141. The number of rotatable bonds is 3. The van der Waals surface area contributed by atoms with Crippen LogP contribution in [0.1, 0.15) is 6.92 Å². The molecule has 0 aromatic carbocycles. The fourth-order valence-corrected chi connectivity index (χ4v) is 1.02. The summed E-state index contributed by atoms with van der Waals surface area (Å²) in [6.07, 6.45) is 0. The summed E-state index contributed by atoms with van der Waals surface area (Å²) >= 11 is 0. The zero-order valence-electron chi connectivity index (χ0n) is 7.12. The van der Waals surface area contributed by atoms with Crippen molar-refractivity contribution in [2.24, 2.45) is 0 Å². The van der Waals surface area contributed by atoms with E-state index in [1.54, 1.807) is 6.92 Å². The van der Waals surface area contributed by atoms with E-state index in [2.05, 4.69) is 5.43 Å². The molecule has 1 heterocycles. The quantitative estimate of drug-likeness (QED) is 0.592. The Labute approximate surface area is 71.3 Å². The van der Waals surface area contributed by atoms with Crippen molar-refractivity contribution in [1.82, 2.24) is 10.4 Å². The maximum Gasteiger partial charge on any atom is 0.321 e. The van der Waals surface area contributed by atoms with Crippen molar-refractivity contribution in [3.63, 3.8) is 0 Å². The second-order valence-electron chi connectivity index (χ2n) is 2.79. The number of morpholine rings is 1. The molecule has 2 N–H and O–H groups in total. The van der Waals surface area contributed by atoms with Gasteiger partial charge in [-0.05, 0) is 6.92 Å². The van der Waals surface area contributed by atoms with Gasteiger partial charge in [0.1, 0.15) is 6.04 Å². The summed E-state index contributed by atoms with van der Waals surface area (Å²) in [6.45, 7) is 4.45. The van der Waals surface area contributed by atoms with Crippen molar-refractivity contribution in [2.75, 3.05) is 26.3 Å². The summed E-state index contributed by atoms with van der Waals surface area (Å²) in [4.78, 5) is 10.5. The van der Waals surface area contributed by atoms with Crippen LogP contribution in [0.2, 0.25) is 0 Å². The van der Waals surface area contributed by atoms with Crippen LogP contribution in [-0.4, -0.2) is 48.4 Å². The molecule has 1 rings (SSSR count). The van der Waals surface area contributed by atoms with Gasteiger partial charge in [-0.3, -0.25) is 4.79 Å². The standard InChI is InChI=1S/C7H14N2O3/c1-6(7(10)11)8-9-2-4-12-5-3-9/h6,8H,2-5H2,1H3,(H,10,11). The Hall–Kier alpha value is -0.650.